The van der Waals surface area contributed by atoms with Crippen molar-refractivity contribution in [3.8, 4) is 5.75 Å². The molecule has 0 aromatic heterocycles. The summed E-state index contributed by atoms with van der Waals surface area (Å²) in [5.41, 5.74) is -0.891. The zero-order valence-electron chi connectivity index (χ0n) is 12.7. The van der Waals surface area contributed by atoms with E-state index in [0.29, 0.717) is 22.2 Å². The Kier molecular flexibility index (Phi) is 6.50. The van der Waals surface area contributed by atoms with Crippen LogP contribution in [0.5, 0.6) is 5.75 Å². The first-order valence-corrected chi connectivity index (χ1v) is 7.51. The summed E-state index contributed by atoms with van der Waals surface area (Å²) in [5, 5.41) is 12.5. The van der Waals surface area contributed by atoms with Crippen LogP contribution in [0.15, 0.2) is 18.2 Å². The van der Waals surface area contributed by atoms with Gasteiger partial charge in [-0.25, -0.2) is 0 Å². The van der Waals surface area contributed by atoms with Crippen molar-refractivity contribution in [2.75, 3.05) is 6.54 Å². The Morgan fingerprint density at radius 2 is 1.82 bits per heavy atom. The standard InChI is InChI=1S/C15H19Cl2NO4/c1-9(22-12-7-10(16)6-11(17)8-12)13(19)18-5-4-15(2,3)14(20)21/h6-9H,4-5H2,1-3H3,(H,18,19)(H,20,21). The molecular weight excluding hydrogens is 329 g/mol. The molecule has 22 heavy (non-hydrogen) atoms. The number of hydrogen-bond acceptors (Lipinski definition) is 3. The summed E-state index contributed by atoms with van der Waals surface area (Å²) in [6.45, 7) is 5.05. The number of nitrogens with one attached hydrogen (secondary N) is 1. The van der Waals surface area contributed by atoms with E-state index in [1.807, 2.05) is 0 Å². The molecule has 1 aromatic carbocycles. The summed E-state index contributed by atoms with van der Waals surface area (Å²) in [6, 6.07) is 4.68. The van der Waals surface area contributed by atoms with Crippen molar-refractivity contribution in [2.45, 2.75) is 33.3 Å². The predicted molar refractivity (Wildman–Crippen MR) is 85.6 cm³/mol. The first kappa shape index (κ1) is 18.6. The zero-order chi connectivity index (χ0) is 16.9. The Morgan fingerprint density at radius 3 is 2.32 bits per heavy atom. The van der Waals surface area contributed by atoms with Gasteiger partial charge in [-0.2, -0.15) is 0 Å². The number of carboxylic acids is 1. The highest BCUT2D eigenvalue weighted by Crippen LogP contribution is 2.25. The second kappa shape index (κ2) is 7.70. The quantitative estimate of drug-likeness (QED) is 0.792. The lowest BCUT2D eigenvalue weighted by Crippen LogP contribution is -2.39. The molecule has 0 bridgehead atoms. The van der Waals surface area contributed by atoms with Crippen molar-refractivity contribution in [1.82, 2.24) is 5.32 Å². The van der Waals surface area contributed by atoms with Crippen molar-refractivity contribution in [1.29, 1.82) is 0 Å². The molecule has 0 heterocycles. The molecule has 1 rings (SSSR count). The molecular formula is C15H19Cl2NO4. The van der Waals surface area contributed by atoms with Gasteiger partial charge in [-0.05, 0) is 45.4 Å². The number of amides is 1. The molecule has 0 aliphatic rings. The van der Waals surface area contributed by atoms with Crippen LogP contribution in [-0.4, -0.2) is 29.6 Å². The Bertz CT molecular complexity index is 540. The van der Waals surface area contributed by atoms with Crippen LogP contribution in [0.1, 0.15) is 27.2 Å². The van der Waals surface area contributed by atoms with Crippen LogP contribution in [0.3, 0.4) is 0 Å². The number of hydrogen-bond donors (Lipinski definition) is 2. The molecule has 0 radical (unpaired) electrons. The molecule has 2 N–H and O–H groups in total. The summed E-state index contributed by atoms with van der Waals surface area (Å²) in [7, 11) is 0. The van der Waals surface area contributed by atoms with Crippen molar-refractivity contribution in [3.05, 3.63) is 28.2 Å². The van der Waals surface area contributed by atoms with E-state index < -0.39 is 17.5 Å². The van der Waals surface area contributed by atoms with Crippen LogP contribution in [0, 0.1) is 5.41 Å². The van der Waals surface area contributed by atoms with E-state index in [1.54, 1.807) is 39.0 Å². The van der Waals surface area contributed by atoms with Crippen molar-refractivity contribution in [3.63, 3.8) is 0 Å². The fraction of sp³-hybridized carbons (Fsp3) is 0.467. The molecule has 122 valence electrons. The van der Waals surface area contributed by atoms with Crippen molar-refractivity contribution >= 4 is 35.1 Å². The minimum Gasteiger partial charge on any atom is -0.481 e. The molecule has 5 nitrogen and oxygen atoms in total. The molecule has 1 unspecified atom stereocenters. The third-order valence-corrected chi connectivity index (χ3v) is 3.58. The summed E-state index contributed by atoms with van der Waals surface area (Å²) in [6.07, 6.45) is -0.425. The molecule has 0 saturated heterocycles. The monoisotopic (exact) mass is 347 g/mol. The van der Waals surface area contributed by atoms with E-state index in [-0.39, 0.29) is 12.5 Å². The van der Waals surface area contributed by atoms with E-state index >= 15 is 0 Å². The Balaban J connectivity index is 2.50. The van der Waals surface area contributed by atoms with E-state index in [2.05, 4.69) is 5.32 Å². The van der Waals surface area contributed by atoms with Gasteiger partial charge in [0, 0.05) is 16.6 Å². The predicted octanol–water partition coefficient (Wildman–Crippen LogP) is 3.38. The Labute approximate surface area is 139 Å². The minimum atomic E-state index is -0.903. The molecule has 0 spiro atoms. The fourth-order valence-electron chi connectivity index (χ4n) is 1.60. The van der Waals surface area contributed by atoms with Gasteiger partial charge in [-0.1, -0.05) is 23.2 Å². The third-order valence-electron chi connectivity index (χ3n) is 3.15. The number of aliphatic carboxylic acids is 1. The van der Waals surface area contributed by atoms with Crippen molar-refractivity contribution < 1.29 is 19.4 Å². The number of carbonyl (C=O) groups excluding carboxylic acids is 1. The van der Waals surface area contributed by atoms with E-state index in [4.69, 9.17) is 33.0 Å². The maximum absolute atomic E-state index is 11.9. The molecule has 0 aliphatic carbocycles. The maximum Gasteiger partial charge on any atom is 0.309 e. The Hall–Kier alpha value is -1.46. The number of halogens is 2. The number of carbonyl (C=O) groups is 2. The summed E-state index contributed by atoms with van der Waals surface area (Å²) >= 11 is 11.7. The van der Waals surface area contributed by atoms with Crippen LogP contribution in [0.4, 0.5) is 0 Å². The highest BCUT2D eigenvalue weighted by Gasteiger charge is 2.27. The van der Waals surface area contributed by atoms with E-state index in [0.717, 1.165) is 0 Å². The highest BCUT2D eigenvalue weighted by molar-refractivity contribution is 6.34. The first-order chi connectivity index (χ1) is 10.1. The summed E-state index contributed by atoms with van der Waals surface area (Å²) in [4.78, 5) is 22.9. The van der Waals surface area contributed by atoms with E-state index in [1.165, 1.54) is 0 Å². The molecule has 1 aromatic rings. The number of benzene rings is 1. The van der Waals surface area contributed by atoms with Gasteiger partial charge in [0.1, 0.15) is 5.75 Å². The molecule has 7 heteroatoms. The zero-order valence-corrected chi connectivity index (χ0v) is 14.2. The van der Waals surface area contributed by atoms with Gasteiger partial charge in [-0.15, -0.1) is 0 Å². The molecule has 0 saturated carbocycles. The average Bonchev–Trinajstić information content (AvgIpc) is 2.36. The van der Waals surface area contributed by atoms with E-state index in [9.17, 15) is 9.59 Å². The first-order valence-electron chi connectivity index (χ1n) is 6.75. The lowest BCUT2D eigenvalue weighted by molar-refractivity contribution is -0.147. The molecule has 1 amide bonds. The number of rotatable bonds is 7. The van der Waals surface area contributed by atoms with Crippen LogP contribution < -0.4 is 10.1 Å². The summed E-state index contributed by atoms with van der Waals surface area (Å²) in [5.74, 6) is -0.845. The van der Waals surface area contributed by atoms with Crippen LogP contribution in [0.2, 0.25) is 10.0 Å². The highest BCUT2D eigenvalue weighted by atomic mass is 35.5. The average molecular weight is 348 g/mol. The second-order valence-corrected chi connectivity index (χ2v) is 6.47. The minimum absolute atomic E-state index is 0.252. The fourth-order valence-corrected chi connectivity index (χ4v) is 2.11. The van der Waals surface area contributed by atoms with Gasteiger partial charge in [0.25, 0.3) is 5.91 Å². The third kappa shape index (κ3) is 5.73. The molecule has 0 aliphatic heterocycles. The second-order valence-electron chi connectivity index (χ2n) is 5.60. The van der Waals surface area contributed by atoms with Crippen LogP contribution >= 0.6 is 23.2 Å². The SMILES string of the molecule is CC(Oc1cc(Cl)cc(Cl)c1)C(=O)NCCC(C)(C)C(=O)O. The lowest BCUT2D eigenvalue weighted by atomic mass is 9.90. The smallest absolute Gasteiger partial charge is 0.309 e. The topological polar surface area (TPSA) is 75.6 Å². The molecule has 1 atom stereocenters. The van der Waals surface area contributed by atoms with Crippen LogP contribution in [0.25, 0.3) is 0 Å². The lowest BCUT2D eigenvalue weighted by Gasteiger charge is -2.20. The van der Waals surface area contributed by atoms with Crippen LogP contribution in [-0.2, 0) is 9.59 Å². The van der Waals surface area contributed by atoms with Gasteiger partial charge < -0.3 is 15.2 Å². The van der Waals surface area contributed by atoms with Crippen molar-refractivity contribution in [2.24, 2.45) is 5.41 Å². The number of ether oxygens (including phenoxy) is 1. The van der Waals surface area contributed by atoms with Gasteiger partial charge >= 0.3 is 5.97 Å². The van der Waals surface area contributed by atoms with Gasteiger partial charge in [-0.3, -0.25) is 9.59 Å². The van der Waals surface area contributed by atoms with Gasteiger partial charge in [0.2, 0.25) is 0 Å². The normalized spacial score (nSPS) is 12.6. The van der Waals surface area contributed by atoms with Gasteiger partial charge in [0.15, 0.2) is 6.10 Å². The molecule has 0 fully saturated rings. The van der Waals surface area contributed by atoms with Gasteiger partial charge in [0.05, 0.1) is 5.41 Å². The largest absolute Gasteiger partial charge is 0.481 e. The maximum atomic E-state index is 11.9. The summed E-state index contributed by atoms with van der Waals surface area (Å²) < 4.78 is 5.47. The Morgan fingerprint density at radius 1 is 1.27 bits per heavy atom. The number of carboxylic acid groups (broad SMARTS) is 1.